The van der Waals surface area contributed by atoms with Gasteiger partial charge in [0, 0.05) is 0 Å². The summed E-state index contributed by atoms with van der Waals surface area (Å²) in [7, 11) is 1.26. The fourth-order valence-corrected chi connectivity index (χ4v) is 1.02. The number of aromatic nitrogens is 2. The van der Waals surface area contributed by atoms with Crippen LogP contribution >= 0.6 is 11.6 Å². The summed E-state index contributed by atoms with van der Waals surface area (Å²) in [5.41, 5.74) is 0.246. The van der Waals surface area contributed by atoms with Crippen LogP contribution in [0.4, 0.5) is 0 Å². The monoisotopic (exact) mass is 202 g/mol. The molecule has 0 saturated carbocycles. The van der Waals surface area contributed by atoms with E-state index in [0.29, 0.717) is 6.29 Å². The molecule has 0 aromatic carbocycles. The van der Waals surface area contributed by atoms with Crippen LogP contribution in [0.25, 0.3) is 0 Å². The predicted molar refractivity (Wildman–Crippen MR) is 44.6 cm³/mol. The van der Waals surface area contributed by atoms with E-state index in [-0.39, 0.29) is 17.5 Å². The molecule has 0 N–H and O–H groups in total. The first-order chi connectivity index (χ1) is 6.19. The second-order valence-electron chi connectivity index (χ2n) is 2.23. The average Bonchev–Trinajstić information content (AvgIpc) is 2.48. The highest BCUT2D eigenvalue weighted by Crippen LogP contribution is 2.09. The van der Waals surface area contributed by atoms with Crippen LogP contribution in [0.5, 0.6) is 0 Å². The van der Waals surface area contributed by atoms with Gasteiger partial charge in [-0.25, -0.2) is 4.98 Å². The number of carbonyl (C=O) groups excluding carboxylic acids is 2. The van der Waals surface area contributed by atoms with Gasteiger partial charge in [-0.15, -0.1) is 0 Å². The molecule has 0 amide bonds. The molecular weight excluding hydrogens is 196 g/mol. The lowest BCUT2D eigenvalue weighted by atomic mass is 10.5. The van der Waals surface area contributed by atoms with Crippen LogP contribution in [0.3, 0.4) is 0 Å². The summed E-state index contributed by atoms with van der Waals surface area (Å²) in [5, 5.41) is 0.0903. The molecule has 0 aliphatic rings. The van der Waals surface area contributed by atoms with Gasteiger partial charge in [-0.05, 0) is 11.6 Å². The van der Waals surface area contributed by atoms with Gasteiger partial charge in [0.15, 0.2) is 6.29 Å². The molecule has 70 valence electrons. The van der Waals surface area contributed by atoms with Gasteiger partial charge in [0.2, 0.25) is 5.28 Å². The van der Waals surface area contributed by atoms with E-state index in [2.05, 4.69) is 9.72 Å². The molecule has 0 aliphatic carbocycles. The Bertz CT molecular complexity index is 334. The fourth-order valence-electron chi connectivity index (χ4n) is 0.810. The second kappa shape index (κ2) is 4.04. The van der Waals surface area contributed by atoms with Gasteiger partial charge >= 0.3 is 5.97 Å². The molecule has 0 unspecified atom stereocenters. The van der Waals surface area contributed by atoms with Gasteiger partial charge in [0.1, 0.15) is 12.2 Å². The number of ether oxygens (including phenoxy) is 1. The van der Waals surface area contributed by atoms with Crippen molar-refractivity contribution in [2.45, 2.75) is 6.54 Å². The third kappa shape index (κ3) is 2.06. The van der Waals surface area contributed by atoms with Crippen molar-refractivity contribution >= 4 is 23.9 Å². The third-order valence-electron chi connectivity index (χ3n) is 1.47. The first-order valence-electron chi connectivity index (χ1n) is 3.42. The van der Waals surface area contributed by atoms with Crippen LogP contribution in [-0.4, -0.2) is 28.9 Å². The molecule has 5 nitrogen and oxygen atoms in total. The minimum Gasteiger partial charge on any atom is -0.468 e. The van der Waals surface area contributed by atoms with Crippen LogP contribution in [-0.2, 0) is 16.1 Å². The summed E-state index contributed by atoms with van der Waals surface area (Å²) < 4.78 is 5.68. The summed E-state index contributed by atoms with van der Waals surface area (Å²) >= 11 is 5.61. The smallest absolute Gasteiger partial charge is 0.325 e. The number of carbonyl (C=O) groups is 2. The molecule has 1 heterocycles. The average molecular weight is 203 g/mol. The minimum absolute atomic E-state index is 0.0903. The Balaban J connectivity index is 2.91. The van der Waals surface area contributed by atoms with Crippen LogP contribution < -0.4 is 0 Å². The van der Waals surface area contributed by atoms with E-state index < -0.39 is 5.97 Å². The quantitative estimate of drug-likeness (QED) is 0.530. The van der Waals surface area contributed by atoms with Crippen molar-refractivity contribution in [3.63, 3.8) is 0 Å². The van der Waals surface area contributed by atoms with E-state index in [0.717, 1.165) is 0 Å². The van der Waals surface area contributed by atoms with Crippen molar-refractivity contribution in [1.29, 1.82) is 0 Å². The number of hydrogen-bond acceptors (Lipinski definition) is 4. The molecule has 0 atom stereocenters. The molecule has 0 radical (unpaired) electrons. The van der Waals surface area contributed by atoms with Gasteiger partial charge in [0.25, 0.3) is 0 Å². The van der Waals surface area contributed by atoms with E-state index in [1.807, 2.05) is 0 Å². The maximum atomic E-state index is 10.9. The van der Waals surface area contributed by atoms with Crippen LogP contribution in [0.2, 0.25) is 5.28 Å². The lowest BCUT2D eigenvalue weighted by Gasteiger charge is -2.02. The molecule has 1 aromatic rings. The first-order valence-corrected chi connectivity index (χ1v) is 3.80. The predicted octanol–water partition coefficient (Wildman–Crippen LogP) is 0.522. The summed E-state index contributed by atoms with van der Waals surface area (Å²) in [4.78, 5) is 25.0. The van der Waals surface area contributed by atoms with Crippen molar-refractivity contribution in [3.05, 3.63) is 17.2 Å². The highest BCUT2D eigenvalue weighted by molar-refractivity contribution is 6.28. The maximum absolute atomic E-state index is 10.9. The summed E-state index contributed by atoms with van der Waals surface area (Å²) in [6, 6.07) is 0. The normalized spacial score (nSPS) is 9.69. The molecule has 0 bridgehead atoms. The Morgan fingerprint density at radius 1 is 1.85 bits per heavy atom. The highest BCUT2D eigenvalue weighted by atomic mass is 35.5. The van der Waals surface area contributed by atoms with Crippen molar-refractivity contribution in [1.82, 2.24) is 9.55 Å². The standard InChI is InChI=1S/C7H7ClN2O3/c1-13-6(12)3-10-5(4-11)2-9-7(10)8/h2,4H,3H2,1H3. The number of rotatable bonds is 3. The summed E-state index contributed by atoms with van der Waals surface area (Å²) in [6.45, 7) is -0.108. The van der Waals surface area contributed by atoms with Gasteiger partial charge in [-0.2, -0.15) is 0 Å². The van der Waals surface area contributed by atoms with E-state index in [1.54, 1.807) is 0 Å². The van der Waals surface area contributed by atoms with E-state index in [1.165, 1.54) is 17.9 Å². The highest BCUT2D eigenvalue weighted by Gasteiger charge is 2.10. The number of imidazole rings is 1. The van der Waals surface area contributed by atoms with Gasteiger partial charge < -0.3 is 9.30 Å². The van der Waals surface area contributed by atoms with Gasteiger partial charge in [0.05, 0.1) is 13.3 Å². The molecule has 0 spiro atoms. The van der Waals surface area contributed by atoms with Crippen molar-refractivity contribution in [3.8, 4) is 0 Å². The van der Waals surface area contributed by atoms with Gasteiger partial charge in [-0.3, -0.25) is 9.59 Å². The first kappa shape index (κ1) is 9.73. The Hall–Kier alpha value is -1.36. The van der Waals surface area contributed by atoms with Crippen molar-refractivity contribution in [2.24, 2.45) is 0 Å². The number of hydrogen-bond donors (Lipinski definition) is 0. The molecule has 0 aliphatic heterocycles. The molecule has 1 aromatic heterocycles. The molecular formula is C7H7ClN2O3. The molecule has 6 heteroatoms. The Morgan fingerprint density at radius 3 is 3.08 bits per heavy atom. The van der Waals surface area contributed by atoms with Crippen LogP contribution in [0.15, 0.2) is 6.20 Å². The number of nitrogens with zero attached hydrogens (tertiary/aromatic N) is 2. The largest absolute Gasteiger partial charge is 0.468 e. The zero-order valence-electron chi connectivity index (χ0n) is 6.86. The lowest BCUT2D eigenvalue weighted by Crippen LogP contribution is -2.13. The summed E-state index contributed by atoms with van der Waals surface area (Å²) in [5.74, 6) is -0.483. The maximum Gasteiger partial charge on any atom is 0.325 e. The Kier molecular flexibility index (Phi) is 3.02. The third-order valence-corrected chi connectivity index (χ3v) is 1.78. The molecule has 13 heavy (non-hydrogen) atoms. The number of aldehydes is 1. The van der Waals surface area contributed by atoms with E-state index in [4.69, 9.17) is 11.6 Å². The number of methoxy groups -OCH3 is 1. The minimum atomic E-state index is -0.483. The van der Waals surface area contributed by atoms with Crippen LogP contribution in [0.1, 0.15) is 10.5 Å². The fraction of sp³-hybridized carbons (Fsp3) is 0.286. The zero-order chi connectivity index (χ0) is 9.84. The molecule has 1 rings (SSSR count). The second-order valence-corrected chi connectivity index (χ2v) is 2.57. The number of halogens is 1. The Labute approximate surface area is 79.3 Å². The summed E-state index contributed by atoms with van der Waals surface area (Å²) in [6.07, 6.45) is 1.86. The Morgan fingerprint density at radius 2 is 2.54 bits per heavy atom. The van der Waals surface area contributed by atoms with E-state index >= 15 is 0 Å². The van der Waals surface area contributed by atoms with E-state index in [9.17, 15) is 9.59 Å². The molecule has 0 fully saturated rings. The zero-order valence-corrected chi connectivity index (χ0v) is 7.61. The van der Waals surface area contributed by atoms with Crippen molar-refractivity contribution < 1.29 is 14.3 Å². The SMILES string of the molecule is COC(=O)Cn1c(C=O)cnc1Cl. The number of esters is 1. The van der Waals surface area contributed by atoms with Gasteiger partial charge in [-0.1, -0.05) is 0 Å². The lowest BCUT2D eigenvalue weighted by molar-refractivity contribution is -0.141. The topological polar surface area (TPSA) is 61.2 Å². The molecule has 0 saturated heterocycles. The van der Waals surface area contributed by atoms with Crippen molar-refractivity contribution in [2.75, 3.05) is 7.11 Å². The van der Waals surface area contributed by atoms with Crippen LogP contribution in [0, 0.1) is 0 Å².